The normalized spacial score (nSPS) is 19.0. The molecule has 0 unspecified atom stereocenters. The van der Waals surface area contributed by atoms with E-state index in [1.54, 1.807) is 25.8 Å². The van der Waals surface area contributed by atoms with E-state index in [9.17, 15) is 13.2 Å². The number of amides is 1. The van der Waals surface area contributed by atoms with Gasteiger partial charge in [-0.1, -0.05) is 5.21 Å². The summed E-state index contributed by atoms with van der Waals surface area (Å²) in [5, 5.41) is 7.97. The molecule has 0 saturated heterocycles. The maximum Gasteiger partial charge on any atom is 0.248 e. The van der Waals surface area contributed by atoms with Gasteiger partial charge in [-0.2, -0.15) is 4.31 Å². The highest BCUT2D eigenvalue weighted by molar-refractivity contribution is 7.88. The lowest BCUT2D eigenvalue weighted by atomic mass is 10.0. The van der Waals surface area contributed by atoms with Gasteiger partial charge in [-0.15, -0.1) is 5.10 Å². The Labute approximate surface area is 129 Å². The highest BCUT2D eigenvalue weighted by Crippen LogP contribution is 2.28. The first-order valence-electron chi connectivity index (χ1n) is 6.81. The molecule has 0 saturated carbocycles. The predicted octanol–water partition coefficient (Wildman–Crippen LogP) is -1.22. The zero-order chi connectivity index (χ0) is 16.5. The van der Waals surface area contributed by atoms with Gasteiger partial charge >= 0.3 is 0 Å². The van der Waals surface area contributed by atoms with Gasteiger partial charge in [-0.3, -0.25) is 9.48 Å². The Hall–Kier alpha value is -1.52. The van der Waals surface area contributed by atoms with Gasteiger partial charge in [0.1, 0.15) is 12.3 Å². The molecule has 0 fully saturated rings. The number of rotatable bonds is 5. The minimum atomic E-state index is -3.32. The Morgan fingerprint density at radius 3 is 2.73 bits per heavy atom. The van der Waals surface area contributed by atoms with Crippen LogP contribution in [-0.2, 0) is 33.1 Å². The van der Waals surface area contributed by atoms with Crippen LogP contribution < -0.4 is 0 Å². The molecule has 9 nitrogen and oxygen atoms in total. The molecule has 0 bridgehead atoms. The van der Waals surface area contributed by atoms with Crippen LogP contribution in [-0.4, -0.2) is 78.6 Å². The number of hydrogen-bond donors (Lipinski definition) is 0. The molecule has 124 valence electrons. The van der Waals surface area contributed by atoms with Crippen molar-refractivity contribution in [2.45, 2.75) is 12.5 Å². The lowest BCUT2D eigenvalue weighted by Gasteiger charge is -2.30. The third kappa shape index (κ3) is 3.62. The molecule has 0 aromatic carbocycles. The summed E-state index contributed by atoms with van der Waals surface area (Å²) >= 11 is 0. The van der Waals surface area contributed by atoms with Crippen LogP contribution >= 0.6 is 0 Å². The van der Waals surface area contributed by atoms with Crippen LogP contribution in [0.4, 0.5) is 0 Å². The number of aromatic nitrogens is 3. The SMILES string of the molecule is CN(C)C(=O)COC[C@@H]1CN(S(C)(=O)=O)Cc2nnn(C)c21. The van der Waals surface area contributed by atoms with E-state index in [1.165, 1.54) is 15.5 Å². The molecule has 1 atom stereocenters. The van der Waals surface area contributed by atoms with Crippen LogP contribution in [0.1, 0.15) is 17.3 Å². The standard InChI is InChI=1S/C12H21N5O4S/c1-15(2)11(18)8-21-7-9-5-17(22(4,19)20)6-10-12(9)16(3)14-13-10/h9H,5-8H2,1-4H3/t9-/m0/s1. The number of sulfonamides is 1. The topological polar surface area (TPSA) is 97.6 Å². The molecule has 0 N–H and O–H groups in total. The van der Waals surface area contributed by atoms with E-state index in [4.69, 9.17) is 4.74 Å². The van der Waals surface area contributed by atoms with E-state index < -0.39 is 10.0 Å². The lowest BCUT2D eigenvalue weighted by Crippen LogP contribution is -2.40. The van der Waals surface area contributed by atoms with E-state index >= 15 is 0 Å². The first-order valence-corrected chi connectivity index (χ1v) is 8.66. The number of hydrogen-bond acceptors (Lipinski definition) is 6. The summed E-state index contributed by atoms with van der Waals surface area (Å²) in [6.07, 6.45) is 1.17. The number of carbonyl (C=O) groups is 1. The van der Waals surface area contributed by atoms with Crippen molar-refractivity contribution in [2.24, 2.45) is 7.05 Å². The van der Waals surface area contributed by atoms with Crippen molar-refractivity contribution in [3.63, 3.8) is 0 Å². The molecule has 0 radical (unpaired) electrons. The molecule has 1 aromatic rings. The second-order valence-corrected chi connectivity index (χ2v) is 7.58. The van der Waals surface area contributed by atoms with Crippen molar-refractivity contribution >= 4 is 15.9 Å². The summed E-state index contributed by atoms with van der Waals surface area (Å²) in [6.45, 7) is 0.709. The second kappa shape index (κ2) is 6.31. The van der Waals surface area contributed by atoms with Crippen LogP contribution in [0.25, 0.3) is 0 Å². The summed E-state index contributed by atoms with van der Waals surface area (Å²) in [6, 6.07) is 0. The maximum absolute atomic E-state index is 11.8. The fraction of sp³-hybridized carbons (Fsp3) is 0.750. The molecule has 1 amide bonds. The number of nitrogens with zero attached hydrogens (tertiary/aromatic N) is 5. The van der Waals surface area contributed by atoms with E-state index in [0.717, 1.165) is 5.69 Å². The van der Waals surface area contributed by atoms with Crippen molar-refractivity contribution in [1.82, 2.24) is 24.2 Å². The van der Waals surface area contributed by atoms with Gasteiger partial charge < -0.3 is 9.64 Å². The van der Waals surface area contributed by atoms with Crippen LogP contribution in [0.5, 0.6) is 0 Å². The first-order chi connectivity index (χ1) is 10.2. The zero-order valence-electron chi connectivity index (χ0n) is 13.2. The monoisotopic (exact) mass is 331 g/mol. The fourth-order valence-electron chi connectivity index (χ4n) is 2.39. The molecule has 1 aromatic heterocycles. The molecule has 1 aliphatic rings. The fourth-order valence-corrected chi connectivity index (χ4v) is 3.19. The number of ether oxygens (including phenoxy) is 1. The Kier molecular flexibility index (Phi) is 4.83. The smallest absolute Gasteiger partial charge is 0.248 e. The Balaban J connectivity index is 2.11. The molecule has 2 rings (SSSR count). The average Bonchev–Trinajstić information content (AvgIpc) is 2.79. The summed E-state index contributed by atoms with van der Waals surface area (Å²) < 4.78 is 32.0. The van der Waals surface area contributed by atoms with Gasteiger partial charge in [0.2, 0.25) is 15.9 Å². The van der Waals surface area contributed by atoms with Gasteiger partial charge in [0.15, 0.2) is 0 Å². The Bertz CT molecular complexity index is 654. The van der Waals surface area contributed by atoms with Crippen LogP contribution in [0.2, 0.25) is 0 Å². The number of fused-ring (bicyclic) bond motifs is 1. The molecule has 0 spiro atoms. The zero-order valence-corrected chi connectivity index (χ0v) is 14.0. The molecular weight excluding hydrogens is 310 g/mol. The van der Waals surface area contributed by atoms with Gasteiger partial charge in [-0.25, -0.2) is 8.42 Å². The molecule has 10 heteroatoms. The number of likely N-dealkylation sites (N-methyl/N-ethyl adjacent to an activating group) is 1. The maximum atomic E-state index is 11.8. The van der Waals surface area contributed by atoms with Crippen LogP contribution in [0.3, 0.4) is 0 Å². The van der Waals surface area contributed by atoms with Gasteiger partial charge in [0.25, 0.3) is 0 Å². The number of aryl methyl sites for hydroxylation is 1. The quantitative estimate of drug-likeness (QED) is 0.671. The molecule has 1 aliphatic heterocycles. The largest absolute Gasteiger partial charge is 0.371 e. The first kappa shape index (κ1) is 16.8. The lowest BCUT2D eigenvalue weighted by molar-refractivity contribution is -0.133. The Morgan fingerprint density at radius 1 is 1.45 bits per heavy atom. The summed E-state index contributed by atoms with van der Waals surface area (Å²) in [4.78, 5) is 13.0. The van der Waals surface area contributed by atoms with Crippen molar-refractivity contribution in [2.75, 3.05) is 40.1 Å². The van der Waals surface area contributed by atoms with Gasteiger partial charge in [-0.05, 0) is 0 Å². The van der Waals surface area contributed by atoms with Crippen molar-refractivity contribution in [3.05, 3.63) is 11.4 Å². The van der Waals surface area contributed by atoms with E-state index in [2.05, 4.69) is 10.3 Å². The summed E-state index contributed by atoms with van der Waals surface area (Å²) in [7, 11) is 1.75. The minimum Gasteiger partial charge on any atom is -0.371 e. The average molecular weight is 331 g/mol. The van der Waals surface area contributed by atoms with Gasteiger partial charge in [0.05, 0.1) is 25.1 Å². The molecule has 2 heterocycles. The van der Waals surface area contributed by atoms with Crippen LogP contribution in [0, 0.1) is 0 Å². The van der Waals surface area contributed by atoms with Crippen molar-refractivity contribution in [3.8, 4) is 0 Å². The summed E-state index contributed by atoms with van der Waals surface area (Å²) in [5.41, 5.74) is 1.49. The summed E-state index contributed by atoms with van der Waals surface area (Å²) in [5.74, 6) is -0.340. The highest BCUT2D eigenvalue weighted by atomic mass is 32.2. The van der Waals surface area contributed by atoms with Crippen molar-refractivity contribution < 1.29 is 17.9 Å². The Morgan fingerprint density at radius 2 is 2.14 bits per heavy atom. The van der Waals surface area contributed by atoms with E-state index in [-0.39, 0.29) is 31.6 Å². The minimum absolute atomic E-state index is 0.0387. The third-order valence-electron chi connectivity index (χ3n) is 3.59. The van der Waals surface area contributed by atoms with Crippen LogP contribution in [0.15, 0.2) is 0 Å². The molecule has 22 heavy (non-hydrogen) atoms. The predicted molar refractivity (Wildman–Crippen MR) is 78.5 cm³/mol. The highest BCUT2D eigenvalue weighted by Gasteiger charge is 2.34. The van der Waals surface area contributed by atoms with E-state index in [1.807, 2.05) is 0 Å². The van der Waals surface area contributed by atoms with E-state index in [0.29, 0.717) is 12.2 Å². The van der Waals surface area contributed by atoms with Gasteiger partial charge in [0, 0.05) is 33.6 Å². The molecule has 0 aliphatic carbocycles. The second-order valence-electron chi connectivity index (χ2n) is 5.60. The molecular formula is C12H21N5O4S. The number of carbonyl (C=O) groups excluding carboxylic acids is 1. The van der Waals surface area contributed by atoms with Crippen molar-refractivity contribution in [1.29, 1.82) is 0 Å². The third-order valence-corrected chi connectivity index (χ3v) is 4.81.